The molecule has 2 atom stereocenters. The third-order valence-electron chi connectivity index (χ3n) is 3.73. The van der Waals surface area contributed by atoms with Crippen molar-refractivity contribution < 1.29 is 9.84 Å². The Kier molecular flexibility index (Phi) is 3.69. The Balaban J connectivity index is 2.15. The summed E-state index contributed by atoms with van der Waals surface area (Å²) in [5, 5.41) is 10.00. The second-order valence-electron chi connectivity index (χ2n) is 4.92. The van der Waals surface area contributed by atoms with Gasteiger partial charge in [-0.25, -0.2) is 0 Å². The summed E-state index contributed by atoms with van der Waals surface area (Å²) >= 11 is 0. The molecule has 0 amide bonds. The Hall–Kier alpha value is -1.06. The molecular weight excluding hydrogens is 214 g/mol. The highest BCUT2D eigenvalue weighted by Crippen LogP contribution is 2.30. The number of phenolic OH excluding ortho intramolecular Hbond substituents is 1. The number of hydrogen-bond donors (Lipinski definition) is 1. The second-order valence-corrected chi connectivity index (χ2v) is 4.92. The van der Waals surface area contributed by atoms with Gasteiger partial charge in [-0.3, -0.25) is 4.90 Å². The molecule has 1 aromatic carbocycles. The normalized spacial score (nSPS) is 22.0. The van der Waals surface area contributed by atoms with Gasteiger partial charge in [0.1, 0.15) is 5.75 Å². The molecule has 1 aliphatic heterocycles. The lowest BCUT2D eigenvalue weighted by Crippen LogP contribution is -2.34. The first-order valence-electron chi connectivity index (χ1n) is 6.19. The van der Waals surface area contributed by atoms with Crippen LogP contribution in [0.4, 0.5) is 0 Å². The van der Waals surface area contributed by atoms with Crippen molar-refractivity contribution in [1.82, 2.24) is 4.90 Å². The van der Waals surface area contributed by atoms with Crippen LogP contribution in [0.2, 0.25) is 0 Å². The third-order valence-corrected chi connectivity index (χ3v) is 3.73. The first-order valence-corrected chi connectivity index (χ1v) is 6.19. The maximum atomic E-state index is 10.00. The van der Waals surface area contributed by atoms with Gasteiger partial charge in [0.25, 0.3) is 0 Å². The van der Waals surface area contributed by atoms with Gasteiger partial charge in [0, 0.05) is 24.3 Å². The summed E-state index contributed by atoms with van der Waals surface area (Å²) in [5.74, 6) is 0.392. The van der Waals surface area contributed by atoms with Crippen LogP contribution in [0.1, 0.15) is 30.5 Å². The average Bonchev–Trinajstić information content (AvgIpc) is 2.80. The van der Waals surface area contributed by atoms with E-state index in [2.05, 4.69) is 18.9 Å². The molecule has 1 saturated heterocycles. The minimum absolute atomic E-state index is 0.210. The SMILES string of the molecule is Cc1ccc(C(C)N(C)C2CCOC2)c(O)c1. The molecule has 1 fully saturated rings. The number of hydrogen-bond acceptors (Lipinski definition) is 3. The first-order chi connectivity index (χ1) is 8.09. The molecule has 17 heavy (non-hydrogen) atoms. The highest BCUT2D eigenvalue weighted by atomic mass is 16.5. The third kappa shape index (κ3) is 2.61. The fourth-order valence-electron chi connectivity index (χ4n) is 2.39. The van der Waals surface area contributed by atoms with Gasteiger partial charge >= 0.3 is 0 Å². The summed E-state index contributed by atoms with van der Waals surface area (Å²) in [7, 11) is 2.10. The molecule has 94 valence electrons. The summed E-state index contributed by atoms with van der Waals surface area (Å²) in [5.41, 5.74) is 2.08. The lowest BCUT2D eigenvalue weighted by atomic mass is 10.0. The van der Waals surface area contributed by atoms with Crippen LogP contribution in [0.15, 0.2) is 18.2 Å². The van der Waals surface area contributed by atoms with Gasteiger partial charge in [-0.05, 0) is 38.9 Å². The minimum atomic E-state index is 0.210. The molecule has 1 heterocycles. The molecule has 2 unspecified atom stereocenters. The van der Waals surface area contributed by atoms with E-state index in [4.69, 9.17) is 4.74 Å². The zero-order chi connectivity index (χ0) is 12.4. The van der Waals surface area contributed by atoms with Gasteiger partial charge in [-0.2, -0.15) is 0 Å². The number of rotatable bonds is 3. The fourth-order valence-corrected chi connectivity index (χ4v) is 2.39. The van der Waals surface area contributed by atoms with E-state index < -0.39 is 0 Å². The topological polar surface area (TPSA) is 32.7 Å². The van der Waals surface area contributed by atoms with E-state index >= 15 is 0 Å². The first kappa shape index (κ1) is 12.4. The van der Waals surface area contributed by atoms with Crippen molar-refractivity contribution in [3.05, 3.63) is 29.3 Å². The van der Waals surface area contributed by atoms with Gasteiger partial charge in [0.15, 0.2) is 0 Å². The zero-order valence-electron chi connectivity index (χ0n) is 10.8. The molecule has 0 radical (unpaired) electrons. The van der Waals surface area contributed by atoms with Gasteiger partial charge in [-0.15, -0.1) is 0 Å². The molecule has 0 aromatic heterocycles. The van der Waals surface area contributed by atoms with Gasteiger partial charge in [0.2, 0.25) is 0 Å². The van der Waals surface area contributed by atoms with Gasteiger partial charge < -0.3 is 9.84 Å². The maximum absolute atomic E-state index is 10.00. The van der Waals surface area contributed by atoms with E-state index in [1.165, 1.54) is 0 Å². The van der Waals surface area contributed by atoms with Crippen molar-refractivity contribution in [2.45, 2.75) is 32.4 Å². The molecular formula is C14H21NO2. The van der Waals surface area contributed by atoms with Gasteiger partial charge in [0.05, 0.1) is 6.61 Å². The zero-order valence-corrected chi connectivity index (χ0v) is 10.8. The molecule has 3 heteroatoms. The Labute approximate surface area is 103 Å². The van der Waals surface area contributed by atoms with Crippen molar-refractivity contribution in [2.75, 3.05) is 20.3 Å². The van der Waals surface area contributed by atoms with Crippen molar-refractivity contribution in [2.24, 2.45) is 0 Å². The Morgan fingerprint density at radius 1 is 1.47 bits per heavy atom. The molecule has 0 spiro atoms. The standard InChI is InChI=1S/C14H21NO2/c1-10-4-5-13(14(16)8-10)11(2)15(3)12-6-7-17-9-12/h4-5,8,11-12,16H,6-7,9H2,1-3H3. The summed E-state index contributed by atoms with van der Waals surface area (Å²) < 4.78 is 5.41. The summed E-state index contributed by atoms with van der Waals surface area (Å²) in [6.07, 6.45) is 1.08. The van der Waals surface area contributed by atoms with Gasteiger partial charge in [-0.1, -0.05) is 12.1 Å². The monoisotopic (exact) mass is 235 g/mol. The van der Waals surface area contributed by atoms with Crippen LogP contribution in [-0.2, 0) is 4.74 Å². The Morgan fingerprint density at radius 3 is 2.82 bits per heavy atom. The second kappa shape index (κ2) is 5.07. The fraction of sp³-hybridized carbons (Fsp3) is 0.571. The van der Waals surface area contributed by atoms with Crippen molar-refractivity contribution in [1.29, 1.82) is 0 Å². The number of aromatic hydroxyl groups is 1. The quantitative estimate of drug-likeness (QED) is 0.873. The summed E-state index contributed by atoms with van der Waals surface area (Å²) in [4.78, 5) is 2.29. The molecule has 0 saturated carbocycles. The van der Waals surface area contributed by atoms with Crippen molar-refractivity contribution in [3.8, 4) is 5.75 Å². The van der Waals surface area contributed by atoms with Crippen LogP contribution in [0, 0.1) is 6.92 Å². The van der Waals surface area contributed by atoms with Crippen LogP contribution in [0.3, 0.4) is 0 Å². The predicted octanol–water partition coefficient (Wildman–Crippen LogP) is 2.48. The molecule has 3 nitrogen and oxygen atoms in total. The average molecular weight is 235 g/mol. The van der Waals surface area contributed by atoms with Crippen molar-refractivity contribution in [3.63, 3.8) is 0 Å². The van der Waals surface area contributed by atoms with E-state index in [1.54, 1.807) is 0 Å². The minimum Gasteiger partial charge on any atom is -0.508 e. The molecule has 1 aliphatic rings. The molecule has 2 rings (SSSR count). The van der Waals surface area contributed by atoms with Crippen LogP contribution in [0.5, 0.6) is 5.75 Å². The lowest BCUT2D eigenvalue weighted by Gasteiger charge is -2.30. The Bertz CT molecular complexity index is 386. The Morgan fingerprint density at radius 2 is 2.24 bits per heavy atom. The molecule has 0 aliphatic carbocycles. The number of nitrogens with zero attached hydrogens (tertiary/aromatic N) is 1. The summed E-state index contributed by atoms with van der Waals surface area (Å²) in [6, 6.07) is 6.56. The van der Waals surface area contributed by atoms with Crippen LogP contribution >= 0.6 is 0 Å². The highest BCUT2D eigenvalue weighted by Gasteiger charge is 2.25. The van der Waals surface area contributed by atoms with Crippen molar-refractivity contribution >= 4 is 0 Å². The maximum Gasteiger partial charge on any atom is 0.120 e. The van der Waals surface area contributed by atoms with Crippen LogP contribution < -0.4 is 0 Å². The van der Waals surface area contributed by atoms with Crippen LogP contribution in [0.25, 0.3) is 0 Å². The molecule has 0 bridgehead atoms. The lowest BCUT2D eigenvalue weighted by molar-refractivity contribution is 0.137. The predicted molar refractivity (Wildman–Crippen MR) is 68.2 cm³/mol. The van der Waals surface area contributed by atoms with E-state index in [1.807, 2.05) is 25.1 Å². The number of benzene rings is 1. The van der Waals surface area contributed by atoms with E-state index in [9.17, 15) is 5.11 Å². The number of ether oxygens (including phenoxy) is 1. The van der Waals surface area contributed by atoms with Crippen LogP contribution in [-0.4, -0.2) is 36.3 Å². The smallest absolute Gasteiger partial charge is 0.120 e. The van der Waals surface area contributed by atoms with E-state index in [0.29, 0.717) is 11.8 Å². The molecule has 1 aromatic rings. The van der Waals surface area contributed by atoms with E-state index in [-0.39, 0.29) is 6.04 Å². The number of aryl methyl sites for hydroxylation is 1. The highest BCUT2D eigenvalue weighted by molar-refractivity contribution is 5.37. The number of likely N-dealkylation sites (N-methyl/N-ethyl adjacent to an activating group) is 1. The molecule has 1 N–H and O–H groups in total. The largest absolute Gasteiger partial charge is 0.508 e. The number of phenols is 1. The van der Waals surface area contributed by atoms with E-state index in [0.717, 1.165) is 30.8 Å². The summed E-state index contributed by atoms with van der Waals surface area (Å²) in [6.45, 7) is 5.76.